The van der Waals surface area contributed by atoms with Crippen molar-refractivity contribution in [3.8, 4) is 0 Å². The molecule has 0 bridgehead atoms. The SMILES string of the molecule is Cc1cc(C(=O)Nc2cccc3c2CCNC3)n[nH]1. The number of aryl methyl sites for hydroxylation is 1. The Bertz CT molecular complexity index is 618. The van der Waals surface area contributed by atoms with Gasteiger partial charge in [-0.3, -0.25) is 9.89 Å². The van der Waals surface area contributed by atoms with Crippen LogP contribution in [0.25, 0.3) is 0 Å². The first-order valence-corrected chi connectivity index (χ1v) is 6.39. The zero-order valence-electron chi connectivity index (χ0n) is 10.8. The maximum Gasteiger partial charge on any atom is 0.276 e. The molecule has 5 heteroatoms. The fourth-order valence-electron chi connectivity index (χ4n) is 2.37. The molecule has 19 heavy (non-hydrogen) atoms. The number of nitrogens with zero attached hydrogens (tertiary/aromatic N) is 1. The van der Waals surface area contributed by atoms with Gasteiger partial charge in [-0.25, -0.2) is 0 Å². The summed E-state index contributed by atoms with van der Waals surface area (Å²) in [6, 6.07) is 7.75. The molecular formula is C14H16N4O. The summed E-state index contributed by atoms with van der Waals surface area (Å²) < 4.78 is 0. The summed E-state index contributed by atoms with van der Waals surface area (Å²) in [7, 11) is 0. The van der Waals surface area contributed by atoms with Gasteiger partial charge in [0.25, 0.3) is 5.91 Å². The Kier molecular flexibility index (Phi) is 3.05. The van der Waals surface area contributed by atoms with Gasteiger partial charge >= 0.3 is 0 Å². The molecule has 0 atom stereocenters. The lowest BCUT2D eigenvalue weighted by Crippen LogP contribution is -2.25. The third-order valence-electron chi connectivity index (χ3n) is 3.33. The Hall–Kier alpha value is -2.14. The van der Waals surface area contributed by atoms with Gasteiger partial charge in [0.15, 0.2) is 5.69 Å². The molecular weight excluding hydrogens is 240 g/mol. The van der Waals surface area contributed by atoms with Crippen molar-refractivity contribution in [2.45, 2.75) is 19.9 Å². The second-order valence-electron chi connectivity index (χ2n) is 4.76. The molecule has 5 nitrogen and oxygen atoms in total. The van der Waals surface area contributed by atoms with Gasteiger partial charge in [-0.2, -0.15) is 5.10 Å². The first-order chi connectivity index (χ1) is 9.24. The zero-order chi connectivity index (χ0) is 13.2. The summed E-state index contributed by atoms with van der Waals surface area (Å²) in [4.78, 5) is 12.1. The van der Waals surface area contributed by atoms with Crippen molar-refractivity contribution >= 4 is 11.6 Å². The van der Waals surface area contributed by atoms with Crippen molar-refractivity contribution in [3.05, 3.63) is 46.8 Å². The largest absolute Gasteiger partial charge is 0.320 e. The van der Waals surface area contributed by atoms with E-state index in [0.29, 0.717) is 5.69 Å². The van der Waals surface area contributed by atoms with Crippen molar-refractivity contribution in [1.82, 2.24) is 15.5 Å². The minimum absolute atomic E-state index is 0.170. The lowest BCUT2D eigenvalue weighted by molar-refractivity contribution is 0.102. The maximum atomic E-state index is 12.1. The second kappa shape index (κ2) is 4.85. The lowest BCUT2D eigenvalue weighted by Gasteiger charge is -2.20. The molecule has 1 aliphatic heterocycles. The third-order valence-corrected chi connectivity index (χ3v) is 3.33. The van der Waals surface area contributed by atoms with Crippen LogP contribution in [0.4, 0.5) is 5.69 Å². The van der Waals surface area contributed by atoms with Crippen LogP contribution in [0.15, 0.2) is 24.3 Å². The highest BCUT2D eigenvalue weighted by molar-refractivity contribution is 6.03. The van der Waals surface area contributed by atoms with Gasteiger partial charge < -0.3 is 10.6 Å². The van der Waals surface area contributed by atoms with Crippen LogP contribution in [0.1, 0.15) is 27.3 Å². The van der Waals surface area contributed by atoms with Crippen LogP contribution in [0.3, 0.4) is 0 Å². The number of nitrogens with one attached hydrogen (secondary N) is 3. The maximum absolute atomic E-state index is 12.1. The van der Waals surface area contributed by atoms with Gasteiger partial charge in [-0.1, -0.05) is 12.1 Å². The van der Waals surface area contributed by atoms with E-state index in [1.165, 1.54) is 11.1 Å². The van der Waals surface area contributed by atoms with Crippen LogP contribution in [-0.4, -0.2) is 22.6 Å². The van der Waals surface area contributed by atoms with Gasteiger partial charge in [0.1, 0.15) is 0 Å². The van der Waals surface area contributed by atoms with Crippen molar-refractivity contribution in [3.63, 3.8) is 0 Å². The number of H-pyrrole nitrogens is 1. The van der Waals surface area contributed by atoms with Gasteiger partial charge in [0.2, 0.25) is 0 Å². The molecule has 0 radical (unpaired) electrons. The summed E-state index contributed by atoms with van der Waals surface area (Å²) in [6.45, 7) is 3.68. The van der Waals surface area contributed by atoms with Crippen LogP contribution in [0.2, 0.25) is 0 Å². The van der Waals surface area contributed by atoms with Crippen LogP contribution in [0.5, 0.6) is 0 Å². The van der Waals surface area contributed by atoms with Gasteiger partial charge in [-0.05, 0) is 43.1 Å². The van der Waals surface area contributed by atoms with Crippen molar-refractivity contribution in [2.24, 2.45) is 0 Å². The lowest BCUT2D eigenvalue weighted by atomic mass is 9.99. The second-order valence-corrected chi connectivity index (χ2v) is 4.76. The van der Waals surface area contributed by atoms with E-state index in [2.05, 4.69) is 26.9 Å². The average molecular weight is 256 g/mol. The number of fused-ring (bicyclic) bond motifs is 1. The Morgan fingerprint density at radius 3 is 3.11 bits per heavy atom. The molecule has 0 spiro atoms. The molecule has 1 amide bonds. The monoisotopic (exact) mass is 256 g/mol. The number of anilines is 1. The summed E-state index contributed by atoms with van der Waals surface area (Å²) in [5.41, 5.74) is 4.67. The molecule has 1 aliphatic rings. The van der Waals surface area contributed by atoms with Crippen molar-refractivity contribution in [2.75, 3.05) is 11.9 Å². The molecule has 98 valence electrons. The number of benzene rings is 1. The molecule has 1 aromatic carbocycles. The standard InChI is InChI=1S/C14H16N4O/c1-9-7-13(18-17-9)14(19)16-12-4-2-3-10-8-15-6-5-11(10)12/h2-4,7,15H,5-6,8H2,1H3,(H,16,19)(H,17,18). The van der Waals surface area contributed by atoms with Crippen molar-refractivity contribution in [1.29, 1.82) is 0 Å². The number of carbonyl (C=O) groups excluding carboxylic acids is 1. The summed E-state index contributed by atoms with van der Waals surface area (Å²) in [5.74, 6) is -0.170. The molecule has 0 fully saturated rings. The van der Waals surface area contributed by atoms with Crippen LogP contribution < -0.4 is 10.6 Å². The summed E-state index contributed by atoms with van der Waals surface area (Å²) in [5, 5.41) is 13.0. The van der Waals surface area contributed by atoms with Crippen LogP contribution >= 0.6 is 0 Å². The van der Waals surface area contributed by atoms with E-state index in [0.717, 1.165) is 30.9 Å². The van der Waals surface area contributed by atoms with E-state index in [4.69, 9.17) is 0 Å². The predicted molar refractivity (Wildman–Crippen MR) is 73.1 cm³/mol. The third kappa shape index (κ3) is 2.37. The number of hydrogen-bond acceptors (Lipinski definition) is 3. The minimum atomic E-state index is -0.170. The van der Waals surface area contributed by atoms with E-state index >= 15 is 0 Å². The quantitative estimate of drug-likeness (QED) is 0.764. The fraction of sp³-hybridized carbons (Fsp3) is 0.286. The number of carbonyl (C=O) groups is 1. The Labute approximate surface area is 111 Å². The topological polar surface area (TPSA) is 69.8 Å². The molecule has 0 saturated heterocycles. The Morgan fingerprint density at radius 2 is 2.32 bits per heavy atom. The number of aromatic amines is 1. The summed E-state index contributed by atoms with van der Waals surface area (Å²) in [6.07, 6.45) is 0.936. The minimum Gasteiger partial charge on any atom is -0.320 e. The Morgan fingerprint density at radius 1 is 1.42 bits per heavy atom. The highest BCUT2D eigenvalue weighted by Crippen LogP contribution is 2.23. The van der Waals surface area contributed by atoms with Crippen LogP contribution in [-0.2, 0) is 13.0 Å². The number of hydrogen-bond donors (Lipinski definition) is 3. The Balaban J connectivity index is 1.85. The van der Waals surface area contributed by atoms with Crippen molar-refractivity contribution < 1.29 is 4.79 Å². The molecule has 1 aromatic heterocycles. The average Bonchev–Trinajstić information content (AvgIpc) is 2.86. The molecule has 0 unspecified atom stereocenters. The van der Waals surface area contributed by atoms with Gasteiger partial charge in [-0.15, -0.1) is 0 Å². The van der Waals surface area contributed by atoms with Crippen LogP contribution in [0, 0.1) is 6.92 Å². The molecule has 2 heterocycles. The molecule has 2 aromatic rings. The van der Waals surface area contributed by atoms with E-state index in [1.807, 2.05) is 19.1 Å². The first-order valence-electron chi connectivity index (χ1n) is 6.39. The molecule has 3 rings (SSSR count). The molecule has 3 N–H and O–H groups in total. The summed E-state index contributed by atoms with van der Waals surface area (Å²) >= 11 is 0. The normalized spacial score (nSPS) is 13.9. The number of aromatic nitrogens is 2. The predicted octanol–water partition coefficient (Wildman–Crippen LogP) is 1.62. The number of rotatable bonds is 2. The highest BCUT2D eigenvalue weighted by Gasteiger charge is 2.15. The van der Waals surface area contributed by atoms with Gasteiger partial charge in [0.05, 0.1) is 0 Å². The first kappa shape index (κ1) is 11.9. The zero-order valence-corrected chi connectivity index (χ0v) is 10.8. The van der Waals surface area contributed by atoms with E-state index in [-0.39, 0.29) is 5.91 Å². The van der Waals surface area contributed by atoms with E-state index in [1.54, 1.807) is 6.07 Å². The smallest absolute Gasteiger partial charge is 0.276 e. The van der Waals surface area contributed by atoms with E-state index in [9.17, 15) is 4.79 Å². The molecule has 0 aliphatic carbocycles. The van der Waals surface area contributed by atoms with E-state index < -0.39 is 0 Å². The van der Waals surface area contributed by atoms with Gasteiger partial charge in [0, 0.05) is 17.9 Å². The fourth-order valence-corrected chi connectivity index (χ4v) is 2.37. The molecule has 0 saturated carbocycles. The highest BCUT2D eigenvalue weighted by atomic mass is 16.1. The number of amides is 1.